The van der Waals surface area contributed by atoms with Crippen molar-refractivity contribution in [3.05, 3.63) is 79.1 Å². The summed E-state index contributed by atoms with van der Waals surface area (Å²) in [5.74, 6) is 1.30. The molecule has 1 saturated heterocycles. The lowest BCUT2D eigenvalue weighted by Crippen LogP contribution is -2.38. The van der Waals surface area contributed by atoms with E-state index >= 15 is 0 Å². The molecule has 2 aromatic carbocycles. The Kier molecular flexibility index (Phi) is 7.45. The van der Waals surface area contributed by atoms with Crippen LogP contribution in [0.5, 0.6) is 5.75 Å². The fourth-order valence-corrected chi connectivity index (χ4v) is 3.77. The van der Waals surface area contributed by atoms with Crippen molar-refractivity contribution >= 4 is 17.5 Å². The number of nitrogens with one attached hydrogen (secondary N) is 2. The van der Waals surface area contributed by atoms with E-state index in [0.717, 1.165) is 55.5 Å². The topological polar surface area (TPSA) is 106 Å². The monoisotopic (exact) mass is 485 g/mol. The molecule has 0 atom stereocenters. The molecule has 10 heteroatoms. The lowest BCUT2D eigenvalue weighted by Gasteiger charge is -2.26. The predicted molar refractivity (Wildman–Crippen MR) is 136 cm³/mol. The fraction of sp³-hybridized carbons (Fsp3) is 0.231. The van der Waals surface area contributed by atoms with E-state index in [2.05, 4.69) is 30.8 Å². The Morgan fingerprint density at radius 1 is 0.972 bits per heavy atom. The summed E-state index contributed by atoms with van der Waals surface area (Å²) in [6, 6.07) is 20.1. The molecule has 3 heterocycles. The molecule has 0 bridgehead atoms. The summed E-state index contributed by atoms with van der Waals surface area (Å²) in [6.45, 7) is 5.02. The number of urea groups is 1. The average Bonchev–Trinajstić information content (AvgIpc) is 3.41. The van der Waals surface area contributed by atoms with Gasteiger partial charge in [-0.1, -0.05) is 23.4 Å². The van der Waals surface area contributed by atoms with Crippen molar-refractivity contribution in [2.75, 3.05) is 50.1 Å². The van der Waals surface area contributed by atoms with Crippen molar-refractivity contribution < 1.29 is 14.3 Å². The molecule has 184 valence electrons. The highest BCUT2D eigenvalue weighted by molar-refractivity contribution is 5.99. The van der Waals surface area contributed by atoms with Gasteiger partial charge in [0.05, 0.1) is 25.1 Å². The Bertz CT molecular complexity index is 1250. The van der Waals surface area contributed by atoms with E-state index in [1.807, 2.05) is 54.7 Å². The summed E-state index contributed by atoms with van der Waals surface area (Å²) in [5, 5.41) is 14.0. The number of carbonyl (C=O) groups excluding carboxylic acids is 1. The summed E-state index contributed by atoms with van der Waals surface area (Å²) >= 11 is 0. The first-order chi connectivity index (χ1) is 17.7. The maximum Gasteiger partial charge on any atom is 0.324 e. The van der Waals surface area contributed by atoms with Gasteiger partial charge in [-0.3, -0.25) is 10.2 Å². The van der Waals surface area contributed by atoms with Crippen molar-refractivity contribution in [3.8, 4) is 22.7 Å². The van der Waals surface area contributed by atoms with Crippen molar-refractivity contribution in [1.82, 2.24) is 24.9 Å². The molecule has 2 amide bonds. The van der Waals surface area contributed by atoms with Gasteiger partial charge in [0.15, 0.2) is 0 Å². The van der Waals surface area contributed by atoms with Crippen LogP contribution in [0.2, 0.25) is 0 Å². The van der Waals surface area contributed by atoms with E-state index in [1.165, 1.54) is 0 Å². The van der Waals surface area contributed by atoms with Gasteiger partial charge in [0.1, 0.15) is 23.9 Å². The van der Waals surface area contributed by atoms with E-state index in [9.17, 15) is 4.79 Å². The predicted octanol–water partition coefficient (Wildman–Crippen LogP) is 3.68. The van der Waals surface area contributed by atoms with Crippen LogP contribution in [-0.2, 0) is 4.74 Å². The summed E-state index contributed by atoms with van der Waals surface area (Å²) in [5.41, 5.74) is 3.16. The number of hydrogen-bond acceptors (Lipinski definition) is 7. The van der Waals surface area contributed by atoms with Crippen molar-refractivity contribution in [2.24, 2.45) is 0 Å². The van der Waals surface area contributed by atoms with Gasteiger partial charge in [-0.15, -0.1) is 5.10 Å². The van der Waals surface area contributed by atoms with Gasteiger partial charge in [0.25, 0.3) is 0 Å². The molecule has 36 heavy (non-hydrogen) atoms. The summed E-state index contributed by atoms with van der Waals surface area (Å²) in [7, 11) is 0. The molecule has 0 unspecified atom stereocenters. The van der Waals surface area contributed by atoms with Gasteiger partial charge in [-0.25, -0.2) is 14.5 Å². The number of pyridine rings is 1. The number of amides is 2. The van der Waals surface area contributed by atoms with Crippen LogP contribution in [0, 0.1) is 0 Å². The molecule has 0 aliphatic carbocycles. The fourth-order valence-electron chi connectivity index (χ4n) is 3.77. The standard InChI is InChI=1S/C26H27N7O3/c34-26(29-25-3-1-2-12-27-25)28-21-6-4-20(5-7-21)24-19-33(31-30-24)22-8-10-23(11-9-22)36-18-15-32-13-16-35-17-14-32/h1-12,19H,13-18H2,(H2,27,28,29,34). The van der Waals surface area contributed by atoms with Gasteiger partial charge >= 0.3 is 6.03 Å². The quantitative estimate of drug-likeness (QED) is 0.392. The molecule has 0 radical (unpaired) electrons. The largest absolute Gasteiger partial charge is 0.492 e. The second-order valence-corrected chi connectivity index (χ2v) is 8.22. The Morgan fingerprint density at radius 3 is 2.53 bits per heavy atom. The Labute approximate surface area is 208 Å². The van der Waals surface area contributed by atoms with Gasteiger partial charge in [0.2, 0.25) is 0 Å². The molecular formula is C26H27N7O3. The molecular weight excluding hydrogens is 458 g/mol. The number of carbonyl (C=O) groups is 1. The lowest BCUT2D eigenvalue weighted by molar-refractivity contribution is 0.0322. The number of anilines is 2. The molecule has 1 aliphatic heterocycles. The molecule has 10 nitrogen and oxygen atoms in total. The maximum absolute atomic E-state index is 12.1. The van der Waals surface area contributed by atoms with E-state index < -0.39 is 0 Å². The number of nitrogens with zero attached hydrogens (tertiary/aromatic N) is 5. The van der Waals surface area contributed by atoms with Crippen molar-refractivity contribution in [3.63, 3.8) is 0 Å². The van der Waals surface area contributed by atoms with E-state index in [-0.39, 0.29) is 6.03 Å². The second-order valence-electron chi connectivity index (χ2n) is 8.22. The average molecular weight is 486 g/mol. The number of hydrogen-bond donors (Lipinski definition) is 2. The highest BCUT2D eigenvalue weighted by Crippen LogP contribution is 2.21. The Morgan fingerprint density at radius 2 is 1.78 bits per heavy atom. The van der Waals surface area contributed by atoms with Crippen LogP contribution < -0.4 is 15.4 Å². The van der Waals surface area contributed by atoms with E-state index in [0.29, 0.717) is 18.1 Å². The van der Waals surface area contributed by atoms with Crippen molar-refractivity contribution in [1.29, 1.82) is 0 Å². The van der Waals surface area contributed by atoms with Crippen LogP contribution in [0.25, 0.3) is 16.9 Å². The third-order valence-corrected chi connectivity index (χ3v) is 5.72. The zero-order valence-electron chi connectivity index (χ0n) is 19.7. The minimum absolute atomic E-state index is 0.360. The van der Waals surface area contributed by atoms with Crippen LogP contribution in [0.1, 0.15) is 0 Å². The van der Waals surface area contributed by atoms with Crippen LogP contribution in [-0.4, -0.2) is 70.4 Å². The number of ether oxygens (including phenoxy) is 2. The normalized spacial score (nSPS) is 13.8. The van der Waals surface area contributed by atoms with Crippen LogP contribution in [0.4, 0.5) is 16.3 Å². The highest BCUT2D eigenvalue weighted by Gasteiger charge is 2.10. The maximum atomic E-state index is 12.1. The summed E-state index contributed by atoms with van der Waals surface area (Å²) in [6.07, 6.45) is 3.48. The number of aromatic nitrogens is 4. The molecule has 0 saturated carbocycles. The van der Waals surface area contributed by atoms with E-state index in [1.54, 1.807) is 29.1 Å². The number of morpholine rings is 1. The summed E-state index contributed by atoms with van der Waals surface area (Å²) in [4.78, 5) is 18.6. The molecule has 2 N–H and O–H groups in total. The zero-order chi connectivity index (χ0) is 24.6. The summed E-state index contributed by atoms with van der Waals surface area (Å²) < 4.78 is 13.0. The van der Waals surface area contributed by atoms with Gasteiger partial charge < -0.3 is 14.8 Å². The molecule has 4 aromatic rings. The zero-order valence-corrected chi connectivity index (χ0v) is 19.7. The Balaban J connectivity index is 1.14. The van der Waals surface area contributed by atoms with Gasteiger partial charge in [0, 0.05) is 37.1 Å². The first-order valence-corrected chi connectivity index (χ1v) is 11.8. The third kappa shape index (κ3) is 6.23. The van der Waals surface area contributed by atoms with E-state index in [4.69, 9.17) is 9.47 Å². The molecule has 2 aromatic heterocycles. The van der Waals surface area contributed by atoms with Crippen LogP contribution in [0.15, 0.2) is 79.1 Å². The minimum atomic E-state index is -0.360. The molecule has 0 spiro atoms. The van der Waals surface area contributed by atoms with Crippen LogP contribution >= 0.6 is 0 Å². The molecule has 5 rings (SSSR count). The van der Waals surface area contributed by atoms with Crippen molar-refractivity contribution in [2.45, 2.75) is 0 Å². The molecule has 1 fully saturated rings. The SMILES string of the molecule is O=C(Nc1ccc(-c2cn(-c3ccc(OCCN4CCOCC4)cc3)nn2)cc1)Nc1ccccn1. The second kappa shape index (κ2) is 11.4. The number of benzene rings is 2. The lowest BCUT2D eigenvalue weighted by atomic mass is 10.1. The van der Waals surface area contributed by atoms with Gasteiger partial charge in [-0.05, 0) is 48.5 Å². The van der Waals surface area contributed by atoms with Gasteiger partial charge in [-0.2, -0.15) is 0 Å². The highest BCUT2D eigenvalue weighted by atomic mass is 16.5. The third-order valence-electron chi connectivity index (χ3n) is 5.72. The number of rotatable bonds is 8. The van der Waals surface area contributed by atoms with Crippen LogP contribution in [0.3, 0.4) is 0 Å². The minimum Gasteiger partial charge on any atom is -0.492 e. The first kappa shape index (κ1) is 23.5. The smallest absolute Gasteiger partial charge is 0.324 e. The molecule has 1 aliphatic rings. The Hall–Kier alpha value is -4.28. The first-order valence-electron chi connectivity index (χ1n) is 11.8.